The molecule has 0 aliphatic carbocycles. The van der Waals surface area contributed by atoms with Crippen molar-refractivity contribution in [2.75, 3.05) is 5.32 Å². The first-order chi connectivity index (χ1) is 11.4. The molecular formula is C17H20N4O3. The lowest BCUT2D eigenvalue weighted by molar-refractivity contribution is -0.139. The highest BCUT2D eigenvalue weighted by molar-refractivity contribution is 5.97. The van der Waals surface area contributed by atoms with Gasteiger partial charge in [-0.15, -0.1) is 0 Å². The summed E-state index contributed by atoms with van der Waals surface area (Å²) in [5.74, 6) is -1.04. The number of anilines is 2. The lowest BCUT2D eigenvalue weighted by Crippen LogP contribution is -2.40. The van der Waals surface area contributed by atoms with Crippen LogP contribution in [0.25, 0.3) is 0 Å². The number of hydrogen-bond donors (Lipinski definition) is 3. The van der Waals surface area contributed by atoms with Gasteiger partial charge in [-0.3, -0.25) is 4.79 Å². The molecule has 0 saturated heterocycles. The predicted octanol–water partition coefficient (Wildman–Crippen LogP) is 2.43. The zero-order chi connectivity index (χ0) is 17.7. The number of carbonyl (C=O) groups is 2. The van der Waals surface area contributed by atoms with Crippen LogP contribution in [0.2, 0.25) is 0 Å². The third kappa shape index (κ3) is 4.52. The van der Waals surface area contributed by atoms with Gasteiger partial charge in [0.2, 0.25) is 5.95 Å². The number of carbonyl (C=O) groups excluding carboxylic acids is 1. The number of benzene rings is 1. The SMILES string of the molecule is CCC(NC(=O)c1cccc(Nc2nc(C)cc(C)n2)c1)C(=O)O. The fourth-order valence-electron chi connectivity index (χ4n) is 2.23. The Labute approximate surface area is 140 Å². The van der Waals surface area contributed by atoms with Crippen molar-refractivity contribution in [3.05, 3.63) is 47.3 Å². The van der Waals surface area contributed by atoms with E-state index in [1.54, 1.807) is 31.2 Å². The highest BCUT2D eigenvalue weighted by Gasteiger charge is 2.18. The topological polar surface area (TPSA) is 104 Å². The summed E-state index contributed by atoms with van der Waals surface area (Å²) in [4.78, 5) is 31.8. The van der Waals surface area contributed by atoms with E-state index in [4.69, 9.17) is 5.11 Å². The molecule has 1 aromatic heterocycles. The molecule has 1 amide bonds. The highest BCUT2D eigenvalue weighted by atomic mass is 16.4. The molecule has 0 aliphatic heterocycles. The van der Waals surface area contributed by atoms with Gasteiger partial charge in [0.15, 0.2) is 0 Å². The second-order valence-electron chi connectivity index (χ2n) is 5.45. The van der Waals surface area contributed by atoms with Crippen LogP contribution in [-0.4, -0.2) is 33.0 Å². The summed E-state index contributed by atoms with van der Waals surface area (Å²) >= 11 is 0. The lowest BCUT2D eigenvalue weighted by Gasteiger charge is -2.13. The van der Waals surface area contributed by atoms with Crippen LogP contribution in [0.15, 0.2) is 30.3 Å². The molecule has 3 N–H and O–H groups in total. The average Bonchev–Trinajstić information content (AvgIpc) is 2.51. The standard InChI is InChI=1S/C17H20N4O3/c1-4-14(16(23)24)21-15(22)12-6-5-7-13(9-12)20-17-18-10(2)8-11(3)19-17/h5-9,14H,4H2,1-3H3,(H,21,22)(H,23,24)(H,18,19,20). The van der Waals surface area contributed by atoms with Crippen LogP contribution in [0.3, 0.4) is 0 Å². The largest absolute Gasteiger partial charge is 0.480 e. The summed E-state index contributed by atoms with van der Waals surface area (Å²) in [5.41, 5.74) is 2.69. The van der Waals surface area contributed by atoms with Crippen LogP contribution in [0.5, 0.6) is 0 Å². The molecule has 1 atom stereocenters. The molecule has 0 aliphatic rings. The molecule has 7 heteroatoms. The van der Waals surface area contributed by atoms with E-state index in [2.05, 4.69) is 20.6 Å². The van der Waals surface area contributed by atoms with E-state index >= 15 is 0 Å². The predicted molar refractivity (Wildman–Crippen MR) is 90.4 cm³/mol. The molecule has 0 fully saturated rings. The van der Waals surface area contributed by atoms with E-state index < -0.39 is 17.9 Å². The zero-order valence-electron chi connectivity index (χ0n) is 13.8. The second-order valence-corrected chi connectivity index (χ2v) is 5.45. The summed E-state index contributed by atoms with van der Waals surface area (Å²) in [6, 6.07) is 7.71. The fraction of sp³-hybridized carbons (Fsp3) is 0.294. The minimum absolute atomic E-state index is 0.315. The number of carboxylic acids is 1. The number of aliphatic carboxylic acids is 1. The number of carboxylic acid groups (broad SMARTS) is 1. The Morgan fingerprint density at radius 1 is 1.17 bits per heavy atom. The molecule has 2 rings (SSSR count). The molecule has 0 bridgehead atoms. The Morgan fingerprint density at radius 2 is 1.83 bits per heavy atom. The van der Waals surface area contributed by atoms with Crippen molar-refractivity contribution in [3.63, 3.8) is 0 Å². The first kappa shape index (κ1) is 17.4. The van der Waals surface area contributed by atoms with Gasteiger partial charge in [-0.05, 0) is 44.5 Å². The number of aryl methyl sites for hydroxylation is 2. The third-order valence-electron chi connectivity index (χ3n) is 3.37. The maximum absolute atomic E-state index is 12.2. The minimum atomic E-state index is -1.05. The molecule has 0 saturated carbocycles. The molecule has 0 spiro atoms. The normalized spacial score (nSPS) is 11.6. The number of aromatic nitrogens is 2. The quantitative estimate of drug-likeness (QED) is 0.752. The van der Waals surface area contributed by atoms with Crippen molar-refractivity contribution >= 4 is 23.5 Å². The van der Waals surface area contributed by atoms with E-state index in [9.17, 15) is 9.59 Å². The Bertz CT molecular complexity index is 741. The van der Waals surface area contributed by atoms with Crippen molar-refractivity contribution in [2.45, 2.75) is 33.2 Å². The first-order valence-electron chi connectivity index (χ1n) is 7.62. The Kier molecular flexibility index (Phi) is 5.47. The van der Waals surface area contributed by atoms with Gasteiger partial charge in [-0.25, -0.2) is 14.8 Å². The molecule has 126 valence electrons. The maximum atomic E-state index is 12.2. The molecule has 0 radical (unpaired) electrons. The molecule has 1 aromatic carbocycles. The third-order valence-corrected chi connectivity index (χ3v) is 3.37. The zero-order valence-corrected chi connectivity index (χ0v) is 13.8. The maximum Gasteiger partial charge on any atom is 0.326 e. The van der Waals surface area contributed by atoms with Gasteiger partial charge in [0.1, 0.15) is 6.04 Å². The van der Waals surface area contributed by atoms with Gasteiger partial charge in [-0.2, -0.15) is 0 Å². The van der Waals surface area contributed by atoms with E-state index in [0.29, 0.717) is 23.6 Å². The van der Waals surface area contributed by atoms with Crippen LogP contribution < -0.4 is 10.6 Å². The van der Waals surface area contributed by atoms with Gasteiger partial charge >= 0.3 is 5.97 Å². The summed E-state index contributed by atoms with van der Waals surface area (Å²) in [5, 5.41) is 14.6. The van der Waals surface area contributed by atoms with Crippen LogP contribution in [0.1, 0.15) is 35.1 Å². The molecule has 1 heterocycles. The summed E-state index contributed by atoms with van der Waals surface area (Å²) in [7, 11) is 0. The van der Waals surface area contributed by atoms with Crippen molar-refractivity contribution in [3.8, 4) is 0 Å². The summed E-state index contributed by atoms with van der Waals surface area (Å²) in [6.45, 7) is 5.45. The monoisotopic (exact) mass is 328 g/mol. The number of hydrogen-bond acceptors (Lipinski definition) is 5. The van der Waals surface area contributed by atoms with E-state index in [1.165, 1.54) is 0 Å². The van der Waals surface area contributed by atoms with E-state index in [-0.39, 0.29) is 0 Å². The van der Waals surface area contributed by atoms with Gasteiger partial charge in [0, 0.05) is 22.6 Å². The van der Waals surface area contributed by atoms with Crippen LogP contribution >= 0.6 is 0 Å². The Hall–Kier alpha value is -2.96. The van der Waals surface area contributed by atoms with Gasteiger partial charge < -0.3 is 15.7 Å². The van der Waals surface area contributed by atoms with Crippen molar-refractivity contribution in [1.82, 2.24) is 15.3 Å². The molecule has 24 heavy (non-hydrogen) atoms. The smallest absolute Gasteiger partial charge is 0.326 e. The molecule has 1 unspecified atom stereocenters. The van der Waals surface area contributed by atoms with Crippen LogP contribution in [-0.2, 0) is 4.79 Å². The number of nitrogens with one attached hydrogen (secondary N) is 2. The van der Waals surface area contributed by atoms with Crippen LogP contribution in [0.4, 0.5) is 11.6 Å². The van der Waals surface area contributed by atoms with Gasteiger partial charge in [0.05, 0.1) is 0 Å². The summed E-state index contributed by atoms with van der Waals surface area (Å²) < 4.78 is 0. The lowest BCUT2D eigenvalue weighted by atomic mass is 10.1. The van der Waals surface area contributed by atoms with Crippen molar-refractivity contribution < 1.29 is 14.7 Å². The number of nitrogens with zero attached hydrogens (tertiary/aromatic N) is 2. The van der Waals surface area contributed by atoms with Crippen molar-refractivity contribution in [2.24, 2.45) is 0 Å². The average molecular weight is 328 g/mol. The molecule has 7 nitrogen and oxygen atoms in total. The van der Waals surface area contributed by atoms with Gasteiger partial charge in [0.25, 0.3) is 5.91 Å². The minimum Gasteiger partial charge on any atom is -0.480 e. The highest BCUT2D eigenvalue weighted by Crippen LogP contribution is 2.16. The molecule has 2 aromatic rings. The Balaban J connectivity index is 2.16. The van der Waals surface area contributed by atoms with E-state index in [1.807, 2.05) is 19.9 Å². The first-order valence-corrected chi connectivity index (χ1v) is 7.62. The number of amides is 1. The fourth-order valence-corrected chi connectivity index (χ4v) is 2.23. The second kappa shape index (κ2) is 7.54. The Morgan fingerprint density at radius 3 is 2.42 bits per heavy atom. The number of rotatable bonds is 6. The van der Waals surface area contributed by atoms with Crippen molar-refractivity contribution in [1.29, 1.82) is 0 Å². The molecular weight excluding hydrogens is 308 g/mol. The van der Waals surface area contributed by atoms with E-state index in [0.717, 1.165) is 11.4 Å². The van der Waals surface area contributed by atoms with Gasteiger partial charge in [-0.1, -0.05) is 13.0 Å². The van der Waals surface area contributed by atoms with Crippen LogP contribution in [0, 0.1) is 13.8 Å². The summed E-state index contributed by atoms with van der Waals surface area (Å²) in [6.07, 6.45) is 0.315.